The molecule has 0 atom stereocenters. The van der Waals surface area contributed by atoms with Crippen molar-refractivity contribution in [1.82, 2.24) is 9.36 Å². The lowest BCUT2D eigenvalue weighted by atomic mass is 10.2. The van der Waals surface area contributed by atoms with Gasteiger partial charge in [0, 0.05) is 11.5 Å². The molecular weight excluding hydrogens is 236 g/mol. The smallest absolute Gasteiger partial charge is 0.260 e. The van der Waals surface area contributed by atoms with E-state index in [1.807, 2.05) is 0 Å². The molecule has 0 saturated heterocycles. The van der Waals surface area contributed by atoms with Gasteiger partial charge in [0.2, 0.25) is 5.13 Å². The van der Waals surface area contributed by atoms with Crippen LogP contribution in [0.1, 0.15) is 10.4 Å². The van der Waals surface area contributed by atoms with Gasteiger partial charge in [-0.15, -0.1) is 0 Å². The predicted octanol–water partition coefficient (Wildman–Crippen LogP) is 2.07. The Hall–Kier alpha value is -1.89. The van der Waals surface area contributed by atoms with Crippen molar-refractivity contribution in [3.8, 4) is 0 Å². The van der Waals surface area contributed by atoms with E-state index in [-0.39, 0.29) is 10.7 Å². The van der Waals surface area contributed by atoms with Crippen LogP contribution in [-0.4, -0.2) is 15.3 Å². The van der Waals surface area contributed by atoms with Crippen molar-refractivity contribution in [1.29, 1.82) is 0 Å². The Kier molecular flexibility index (Phi) is 2.86. The highest BCUT2D eigenvalue weighted by Gasteiger charge is 2.13. The second-order valence-electron chi connectivity index (χ2n) is 2.82. The molecule has 0 aliphatic carbocycles. The first-order valence-corrected chi connectivity index (χ1v) is 4.97. The summed E-state index contributed by atoms with van der Waals surface area (Å²) in [5, 5.41) is 2.54. The molecule has 2 rings (SSSR count). The summed E-state index contributed by atoms with van der Waals surface area (Å²) in [6, 6.07) is 2.66. The number of aromatic nitrogens is 2. The molecule has 16 heavy (non-hydrogen) atoms. The van der Waals surface area contributed by atoms with E-state index < -0.39 is 17.5 Å². The van der Waals surface area contributed by atoms with Gasteiger partial charge in [0.15, 0.2) is 0 Å². The SMILES string of the molecule is O=C(Nc1ncns1)c1cc(F)ccc1F. The average molecular weight is 241 g/mol. The fraction of sp³-hybridized carbons (Fsp3) is 0. The number of nitrogens with zero attached hydrogens (tertiary/aromatic N) is 2. The third-order valence-electron chi connectivity index (χ3n) is 1.75. The molecule has 4 nitrogen and oxygen atoms in total. The lowest BCUT2D eigenvalue weighted by molar-refractivity contribution is 0.102. The highest BCUT2D eigenvalue weighted by atomic mass is 32.1. The van der Waals surface area contributed by atoms with Gasteiger partial charge >= 0.3 is 0 Å². The van der Waals surface area contributed by atoms with Crippen molar-refractivity contribution in [2.24, 2.45) is 0 Å². The number of amides is 1. The van der Waals surface area contributed by atoms with E-state index in [0.29, 0.717) is 0 Å². The highest BCUT2D eigenvalue weighted by molar-refractivity contribution is 7.09. The molecule has 1 heterocycles. The van der Waals surface area contributed by atoms with Gasteiger partial charge in [-0.25, -0.2) is 13.8 Å². The van der Waals surface area contributed by atoms with Crippen molar-refractivity contribution in [2.75, 3.05) is 5.32 Å². The number of halogens is 2. The second kappa shape index (κ2) is 4.31. The minimum absolute atomic E-state index is 0.230. The average Bonchev–Trinajstić information content (AvgIpc) is 2.74. The first-order chi connectivity index (χ1) is 7.66. The van der Waals surface area contributed by atoms with Crippen LogP contribution in [0, 0.1) is 11.6 Å². The lowest BCUT2D eigenvalue weighted by Gasteiger charge is -2.02. The highest BCUT2D eigenvalue weighted by Crippen LogP contribution is 2.13. The summed E-state index contributed by atoms with van der Waals surface area (Å²) in [6.07, 6.45) is 1.25. The zero-order valence-electron chi connectivity index (χ0n) is 7.78. The number of nitrogens with one attached hydrogen (secondary N) is 1. The molecule has 0 bridgehead atoms. The number of carbonyl (C=O) groups is 1. The number of hydrogen-bond donors (Lipinski definition) is 1. The molecular formula is C9H5F2N3OS. The van der Waals surface area contributed by atoms with Crippen molar-refractivity contribution in [2.45, 2.75) is 0 Å². The molecule has 0 spiro atoms. The summed E-state index contributed by atoms with van der Waals surface area (Å²) >= 11 is 0.947. The largest absolute Gasteiger partial charge is 0.297 e. The van der Waals surface area contributed by atoms with Crippen LogP contribution in [0.5, 0.6) is 0 Å². The molecule has 0 aliphatic heterocycles. The van der Waals surface area contributed by atoms with Gasteiger partial charge in [-0.05, 0) is 18.2 Å². The maximum absolute atomic E-state index is 13.2. The van der Waals surface area contributed by atoms with E-state index in [1.54, 1.807) is 0 Å². The molecule has 1 N–H and O–H groups in total. The molecule has 1 amide bonds. The van der Waals surface area contributed by atoms with Crippen molar-refractivity contribution >= 4 is 22.6 Å². The van der Waals surface area contributed by atoms with E-state index in [4.69, 9.17) is 0 Å². The molecule has 7 heteroatoms. The summed E-state index contributed by atoms with van der Waals surface area (Å²) in [7, 11) is 0. The predicted molar refractivity (Wildman–Crippen MR) is 54.2 cm³/mol. The van der Waals surface area contributed by atoms with E-state index in [9.17, 15) is 13.6 Å². The van der Waals surface area contributed by atoms with Crippen LogP contribution in [0.15, 0.2) is 24.5 Å². The Morgan fingerprint density at radius 3 is 2.88 bits per heavy atom. The first-order valence-electron chi connectivity index (χ1n) is 4.20. The molecule has 0 fully saturated rings. The van der Waals surface area contributed by atoms with Gasteiger partial charge < -0.3 is 0 Å². The number of benzene rings is 1. The number of anilines is 1. The molecule has 2 aromatic rings. The third kappa shape index (κ3) is 2.19. The number of hydrogen-bond acceptors (Lipinski definition) is 4. The normalized spacial score (nSPS) is 10.1. The van der Waals surface area contributed by atoms with Gasteiger partial charge in [0.1, 0.15) is 18.0 Å². The summed E-state index contributed by atoms with van der Waals surface area (Å²) in [4.78, 5) is 15.2. The number of rotatable bonds is 2. The van der Waals surface area contributed by atoms with Crippen molar-refractivity contribution in [3.05, 3.63) is 41.7 Å². The Morgan fingerprint density at radius 1 is 1.38 bits per heavy atom. The monoisotopic (exact) mass is 241 g/mol. The lowest BCUT2D eigenvalue weighted by Crippen LogP contribution is -2.13. The topological polar surface area (TPSA) is 54.9 Å². The van der Waals surface area contributed by atoms with E-state index in [0.717, 1.165) is 29.7 Å². The van der Waals surface area contributed by atoms with Gasteiger partial charge in [0.25, 0.3) is 5.91 Å². The van der Waals surface area contributed by atoms with Gasteiger partial charge in [0.05, 0.1) is 5.56 Å². The third-order valence-corrected chi connectivity index (χ3v) is 2.33. The van der Waals surface area contributed by atoms with E-state index in [2.05, 4.69) is 14.7 Å². The fourth-order valence-corrected chi connectivity index (χ4v) is 1.49. The van der Waals surface area contributed by atoms with Crippen LogP contribution in [-0.2, 0) is 0 Å². The van der Waals surface area contributed by atoms with Gasteiger partial charge in [-0.1, -0.05) is 0 Å². The molecule has 0 saturated carbocycles. The maximum Gasteiger partial charge on any atom is 0.260 e. The Morgan fingerprint density at radius 2 is 2.19 bits per heavy atom. The summed E-state index contributed by atoms with van der Waals surface area (Å²) in [5.74, 6) is -2.22. The van der Waals surface area contributed by atoms with Gasteiger partial charge in [-0.2, -0.15) is 4.37 Å². The van der Waals surface area contributed by atoms with Gasteiger partial charge in [-0.3, -0.25) is 10.1 Å². The minimum Gasteiger partial charge on any atom is -0.297 e. The van der Waals surface area contributed by atoms with Crippen LogP contribution < -0.4 is 5.32 Å². The molecule has 1 aromatic heterocycles. The maximum atomic E-state index is 13.2. The molecule has 82 valence electrons. The van der Waals surface area contributed by atoms with Crippen LogP contribution in [0.2, 0.25) is 0 Å². The fourth-order valence-electron chi connectivity index (χ4n) is 1.06. The van der Waals surface area contributed by atoms with E-state index in [1.165, 1.54) is 6.33 Å². The standard InChI is InChI=1S/C9H5F2N3OS/c10-5-1-2-7(11)6(3-5)8(15)14-9-12-4-13-16-9/h1-4H,(H,12,13,14,15). The first kappa shape index (κ1) is 10.6. The zero-order valence-corrected chi connectivity index (χ0v) is 8.59. The summed E-state index contributed by atoms with van der Waals surface area (Å²) < 4.78 is 29.7. The quantitative estimate of drug-likeness (QED) is 0.875. The van der Waals surface area contributed by atoms with Crippen LogP contribution in [0.4, 0.5) is 13.9 Å². The van der Waals surface area contributed by atoms with Crippen LogP contribution in [0.3, 0.4) is 0 Å². The summed E-state index contributed by atoms with van der Waals surface area (Å²) in [5.41, 5.74) is -0.366. The Balaban J connectivity index is 2.24. The molecule has 0 aliphatic rings. The Labute approximate surface area is 93.1 Å². The summed E-state index contributed by atoms with van der Waals surface area (Å²) in [6.45, 7) is 0. The van der Waals surface area contributed by atoms with Crippen LogP contribution in [0.25, 0.3) is 0 Å². The molecule has 0 radical (unpaired) electrons. The molecule has 1 aromatic carbocycles. The van der Waals surface area contributed by atoms with Crippen LogP contribution >= 0.6 is 11.5 Å². The van der Waals surface area contributed by atoms with Crippen molar-refractivity contribution in [3.63, 3.8) is 0 Å². The minimum atomic E-state index is -0.789. The second-order valence-corrected chi connectivity index (χ2v) is 3.60. The van der Waals surface area contributed by atoms with Crippen molar-refractivity contribution < 1.29 is 13.6 Å². The molecule has 0 unspecified atom stereocenters. The van der Waals surface area contributed by atoms with E-state index >= 15 is 0 Å². The Bertz CT molecular complexity index is 515. The number of carbonyl (C=O) groups excluding carboxylic acids is 1. The zero-order chi connectivity index (χ0) is 11.5.